The Labute approximate surface area is 173 Å². The summed E-state index contributed by atoms with van der Waals surface area (Å²) < 4.78 is 7.27. The molecule has 9 nitrogen and oxygen atoms in total. The second kappa shape index (κ2) is 8.60. The quantitative estimate of drug-likeness (QED) is 0.450. The first-order valence-electron chi connectivity index (χ1n) is 9.76. The summed E-state index contributed by atoms with van der Waals surface area (Å²) in [7, 11) is 0. The SMILES string of the molecule is Cc1ncn(-c2ccc([N+](=O)[O-])cc2OCC(O)CCN2Cc3ccccc3C2)n1. The van der Waals surface area contributed by atoms with E-state index in [1.165, 1.54) is 34.3 Å². The Morgan fingerprint density at radius 2 is 1.97 bits per heavy atom. The molecule has 4 rings (SSSR count). The summed E-state index contributed by atoms with van der Waals surface area (Å²) >= 11 is 0. The zero-order valence-corrected chi connectivity index (χ0v) is 16.6. The molecule has 0 saturated carbocycles. The number of benzene rings is 2. The number of fused-ring (bicyclic) bond motifs is 1. The molecule has 2 heterocycles. The molecule has 1 atom stereocenters. The molecule has 1 aromatic heterocycles. The minimum atomic E-state index is -0.696. The minimum absolute atomic E-state index is 0.0304. The summed E-state index contributed by atoms with van der Waals surface area (Å²) in [4.78, 5) is 17.0. The van der Waals surface area contributed by atoms with Crippen molar-refractivity contribution in [2.75, 3.05) is 13.2 Å². The van der Waals surface area contributed by atoms with Crippen molar-refractivity contribution in [3.8, 4) is 11.4 Å². The van der Waals surface area contributed by atoms with E-state index in [1.54, 1.807) is 13.0 Å². The second-order valence-electron chi connectivity index (χ2n) is 7.38. The molecule has 0 amide bonds. The van der Waals surface area contributed by atoms with E-state index in [4.69, 9.17) is 4.74 Å². The van der Waals surface area contributed by atoms with Gasteiger partial charge in [-0.3, -0.25) is 15.0 Å². The van der Waals surface area contributed by atoms with E-state index in [-0.39, 0.29) is 18.0 Å². The number of ether oxygens (including phenoxy) is 1. The van der Waals surface area contributed by atoms with Crippen molar-refractivity contribution in [1.82, 2.24) is 19.7 Å². The molecule has 0 saturated heterocycles. The monoisotopic (exact) mass is 409 g/mol. The van der Waals surface area contributed by atoms with E-state index in [2.05, 4.69) is 27.1 Å². The number of non-ortho nitro benzene ring substituents is 1. The van der Waals surface area contributed by atoms with Gasteiger partial charge >= 0.3 is 0 Å². The van der Waals surface area contributed by atoms with Gasteiger partial charge in [0.2, 0.25) is 0 Å². The van der Waals surface area contributed by atoms with Crippen LogP contribution >= 0.6 is 0 Å². The van der Waals surface area contributed by atoms with Crippen molar-refractivity contribution in [2.24, 2.45) is 0 Å². The summed E-state index contributed by atoms with van der Waals surface area (Å²) in [6, 6.07) is 12.6. The average molecular weight is 409 g/mol. The van der Waals surface area contributed by atoms with Gasteiger partial charge in [-0.25, -0.2) is 9.67 Å². The first-order chi connectivity index (χ1) is 14.5. The lowest BCUT2D eigenvalue weighted by Gasteiger charge is -2.18. The molecule has 30 heavy (non-hydrogen) atoms. The predicted molar refractivity (Wildman–Crippen MR) is 109 cm³/mol. The van der Waals surface area contributed by atoms with Gasteiger partial charge in [-0.15, -0.1) is 0 Å². The summed E-state index contributed by atoms with van der Waals surface area (Å²) in [6.07, 6.45) is 1.37. The maximum atomic E-state index is 11.1. The fourth-order valence-corrected chi connectivity index (χ4v) is 3.55. The lowest BCUT2D eigenvalue weighted by Crippen LogP contribution is -2.26. The van der Waals surface area contributed by atoms with Crippen LogP contribution in [0.5, 0.6) is 5.75 Å². The van der Waals surface area contributed by atoms with Gasteiger partial charge in [0.15, 0.2) is 5.75 Å². The van der Waals surface area contributed by atoms with Crippen molar-refractivity contribution < 1.29 is 14.8 Å². The smallest absolute Gasteiger partial charge is 0.273 e. The third kappa shape index (κ3) is 4.47. The fraction of sp³-hybridized carbons (Fsp3) is 0.333. The normalized spacial score (nSPS) is 14.5. The molecule has 1 aliphatic heterocycles. The van der Waals surface area contributed by atoms with E-state index >= 15 is 0 Å². The van der Waals surface area contributed by atoms with E-state index in [0.29, 0.717) is 17.9 Å². The first kappa shape index (κ1) is 20.0. The van der Waals surface area contributed by atoms with Crippen LogP contribution in [0.15, 0.2) is 48.8 Å². The molecule has 3 aromatic rings. The summed E-state index contributed by atoms with van der Waals surface area (Å²) in [6.45, 7) is 4.28. The van der Waals surface area contributed by atoms with E-state index in [1.807, 2.05) is 12.1 Å². The van der Waals surface area contributed by atoms with Crippen LogP contribution in [0.4, 0.5) is 5.69 Å². The highest BCUT2D eigenvalue weighted by molar-refractivity contribution is 5.52. The molecule has 0 spiro atoms. The zero-order valence-electron chi connectivity index (χ0n) is 16.6. The lowest BCUT2D eigenvalue weighted by atomic mass is 10.1. The Kier molecular flexibility index (Phi) is 5.73. The standard InChI is InChI=1S/C21H23N5O4/c1-15-22-14-25(23-15)20-7-6-18(26(28)29)10-21(20)30-13-19(27)8-9-24-11-16-4-2-3-5-17(16)12-24/h2-7,10,14,19,27H,8-9,11-13H2,1H3. The summed E-state index contributed by atoms with van der Waals surface area (Å²) in [5.74, 6) is 0.854. The molecular weight excluding hydrogens is 386 g/mol. The van der Waals surface area contributed by atoms with Gasteiger partial charge in [0.25, 0.3) is 5.69 Å². The number of hydrogen-bond donors (Lipinski definition) is 1. The van der Waals surface area contributed by atoms with Crippen LogP contribution in [0.1, 0.15) is 23.4 Å². The molecule has 0 aliphatic carbocycles. The minimum Gasteiger partial charge on any atom is -0.488 e. The van der Waals surface area contributed by atoms with Crippen LogP contribution in [0, 0.1) is 17.0 Å². The van der Waals surface area contributed by atoms with Crippen molar-refractivity contribution in [1.29, 1.82) is 0 Å². The average Bonchev–Trinajstić information content (AvgIpc) is 3.36. The molecule has 2 aromatic carbocycles. The Morgan fingerprint density at radius 1 is 1.23 bits per heavy atom. The second-order valence-corrected chi connectivity index (χ2v) is 7.38. The van der Waals surface area contributed by atoms with Crippen LogP contribution < -0.4 is 4.74 Å². The third-order valence-electron chi connectivity index (χ3n) is 5.12. The van der Waals surface area contributed by atoms with Crippen molar-refractivity contribution >= 4 is 5.69 Å². The molecule has 0 bridgehead atoms. The highest BCUT2D eigenvalue weighted by Crippen LogP contribution is 2.28. The summed E-state index contributed by atoms with van der Waals surface area (Å²) in [5.41, 5.74) is 3.10. The molecule has 0 fully saturated rings. The number of rotatable bonds is 8. The van der Waals surface area contributed by atoms with Crippen LogP contribution in [-0.2, 0) is 13.1 Å². The molecule has 0 radical (unpaired) electrons. The number of nitrogens with zero attached hydrogens (tertiary/aromatic N) is 5. The van der Waals surface area contributed by atoms with E-state index in [9.17, 15) is 15.2 Å². The van der Waals surface area contributed by atoms with Gasteiger partial charge in [0, 0.05) is 25.7 Å². The lowest BCUT2D eigenvalue weighted by molar-refractivity contribution is -0.384. The molecule has 1 aliphatic rings. The van der Waals surface area contributed by atoms with Gasteiger partial charge in [0.05, 0.1) is 17.1 Å². The largest absolute Gasteiger partial charge is 0.488 e. The third-order valence-corrected chi connectivity index (χ3v) is 5.12. The van der Waals surface area contributed by atoms with Crippen molar-refractivity contribution in [3.63, 3.8) is 0 Å². The maximum Gasteiger partial charge on any atom is 0.273 e. The fourth-order valence-electron chi connectivity index (χ4n) is 3.55. The van der Waals surface area contributed by atoms with E-state index < -0.39 is 11.0 Å². The van der Waals surface area contributed by atoms with Crippen LogP contribution in [0.25, 0.3) is 5.69 Å². The molecule has 156 valence electrons. The Hall–Kier alpha value is -3.30. The Balaban J connectivity index is 1.37. The molecular formula is C21H23N5O4. The van der Waals surface area contributed by atoms with Crippen molar-refractivity contribution in [2.45, 2.75) is 32.5 Å². The van der Waals surface area contributed by atoms with Gasteiger partial charge in [-0.2, -0.15) is 5.10 Å². The number of aromatic nitrogens is 3. The Morgan fingerprint density at radius 3 is 2.60 bits per heavy atom. The van der Waals surface area contributed by atoms with Gasteiger partial charge in [-0.1, -0.05) is 24.3 Å². The van der Waals surface area contributed by atoms with Crippen LogP contribution in [0.2, 0.25) is 0 Å². The molecule has 9 heteroatoms. The maximum absolute atomic E-state index is 11.1. The number of nitro benzene ring substituents is 1. The van der Waals surface area contributed by atoms with E-state index in [0.717, 1.165) is 19.6 Å². The van der Waals surface area contributed by atoms with Crippen LogP contribution in [-0.4, -0.2) is 48.9 Å². The Bertz CT molecular complexity index is 1030. The topological polar surface area (TPSA) is 107 Å². The van der Waals surface area contributed by atoms with Gasteiger partial charge in [-0.05, 0) is 30.5 Å². The number of nitro groups is 1. The van der Waals surface area contributed by atoms with Gasteiger partial charge in [0.1, 0.15) is 24.4 Å². The van der Waals surface area contributed by atoms with Gasteiger partial charge < -0.3 is 9.84 Å². The first-order valence-corrected chi connectivity index (χ1v) is 9.76. The number of hydrogen-bond acceptors (Lipinski definition) is 7. The number of aliphatic hydroxyl groups excluding tert-OH is 1. The zero-order chi connectivity index (χ0) is 21.1. The highest BCUT2D eigenvalue weighted by atomic mass is 16.6. The number of aliphatic hydroxyl groups is 1. The predicted octanol–water partition coefficient (Wildman–Crippen LogP) is 2.63. The molecule has 1 unspecified atom stereocenters. The van der Waals surface area contributed by atoms with Crippen LogP contribution in [0.3, 0.4) is 0 Å². The summed E-state index contributed by atoms with van der Waals surface area (Å²) in [5, 5.41) is 25.8. The van der Waals surface area contributed by atoms with Crippen molar-refractivity contribution in [3.05, 3.63) is 75.9 Å². The molecule has 1 N–H and O–H groups in total. The highest BCUT2D eigenvalue weighted by Gasteiger charge is 2.20. The number of aryl methyl sites for hydroxylation is 1.